The molecule has 2 rings (SSSR count). The van der Waals surface area contributed by atoms with Gasteiger partial charge >= 0.3 is 0 Å². The van der Waals surface area contributed by atoms with Crippen molar-refractivity contribution in [3.05, 3.63) is 41.4 Å². The fourth-order valence-corrected chi connectivity index (χ4v) is 4.24. The summed E-state index contributed by atoms with van der Waals surface area (Å²) in [7, 11) is 0. The van der Waals surface area contributed by atoms with E-state index in [-0.39, 0.29) is 22.6 Å². The van der Waals surface area contributed by atoms with E-state index in [1.54, 1.807) is 5.51 Å². The molecule has 0 radical (unpaired) electrons. The van der Waals surface area contributed by atoms with Crippen LogP contribution in [0.1, 0.15) is 39.7 Å². The normalized spacial score (nSPS) is 14.3. The molecule has 0 aliphatic carbocycles. The van der Waals surface area contributed by atoms with Crippen molar-refractivity contribution in [2.24, 2.45) is 0 Å². The molecule has 23 heavy (non-hydrogen) atoms. The Hall–Kier alpha value is -1.40. The van der Waals surface area contributed by atoms with Gasteiger partial charge in [-0.1, -0.05) is 67.3 Å². The molecule has 1 heterocycles. The molecule has 1 N–H and O–H groups in total. The Morgan fingerprint density at radius 1 is 1.30 bits per heavy atom. The van der Waals surface area contributed by atoms with Crippen LogP contribution in [-0.2, 0) is 10.2 Å². The Balaban J connectivity index is 1.88. The fourth-order valence-electron chi connectivity index (χ4n) is 2.60. The Morgan fingerprint density at radius 3 is 2.61 bits per heavy atom. The van der Waals surface area contributed by atoms with Crippen LogP contribution in [-0.4, -0.2) is 27.4 Å². The van der Waals surface area contributed by atoms with Gasteiger partial charge in [-0.3, -0.25) is 4.79 Å². The Kier molecular flexibility index (Phi) is 6.18. The lowest BCUT2D eigenvalue weighted by Crippen LogP contribution is -2.40. The fraction of sp³-hybridized carbons (Fsp3) is 0.471. The van der Waals surface area contributed by atoms with Gasteiger partial charge in [-0.25, -0.2) is 0 Å². The lowest BCUT2D eigenvalue weighted by Gasteiger charge is -2.29. The third-order valence-electron chi connectivity index (χ3n) is 3.75. The minimum atomic E-state index is -0.176. The first-order chi connectivity index (χ1) is 10.9. The van der Waals surface area contributed by atoms with Gasteiger partial charge < -0.3 is 5.32 Å². The zero-order valence-electron chi connectivity index (χ0n) is 13.9. The molecule has 1 aromatic heterocycles. The molecule has 0 aliphatic heterocycles. The third-order valence-corrected chi connectivity index (χ3v) is 5.66. The zero-order chi connectivity index (χ0) is 16.9. The number of hydrogen-bond donors (Lipinski definition) is 1. The summed E-state index contributed by atoms with van der Waals surface area (Å²) in [5.41, 5.74) is 2.99. The molecular formula is C17H23N3OS2. The van der Waals surface area contributed by atoms with E-state index in [1.165, 1.54) is 28.7 Å². The van der Waals surface area contributed by atoms with Crippen LogP contribution in [0.5, 0.6) is 0 Å². The first-order valence-corrected chi connectivity index (χ1v) is 9.43. The standard InChI is InChI=1S/C17H23N3OS2/c1-12(10-17(3,4)14-8-6-5-7-9-14)19-15(21)13(2)23-16-20-18-11-22-16/h5-9,11-13H,10H2,1-4H3,(H,19,21)/t12-,13-/m1/s1. The third kappa shape index (κ3) is 5.32. The van der Waals surface area contributed by atoms with Gasteiger partial charge in [0, 0.05) is 6.04 Å². The van der Waals surface area contributed by atoms with Crippen molar-refractivity contribution >= 4 is 29.0 Å². The highest BCUT2D eigenvalue weighted by Crippen LogP contribution is 2.29. The van der Waals surface area contributed by atoms with Crippen LogP contribution >= 0.6 is 23.1 Å². The molecule has 0 saturated carbocycles. The first-order valence-electron chi connectivity index (χ1n) is 7.67. The van der Waals surface area contributed by atoms with Crippen LogP contribution in [0.3, 0.4) is 0 Å². The van der Waals surface area contributed by atoms with E-state index in [9.17, 15) is 4.79 Å². The summed E-state index contributed by atoms with van der Waals surface area (Å²) in [4.78, 5) is 12.3. The topological polar surface area (TPSA) is 54.9 Å². The maximum Gasteiger partial charge on any atom is 0.233 e. The Morgan fingerprint density at radius 2 is 2.00 bits per heavy atom. The quantitative estimate of drug-likeness (QED) is 0.771. The number of carbonyl (C=O) groups excluding carboxylic acids is 1. The first kappa shape index (κ1) is 17.9. The number of aromatic nitrogens is 2. The van der Waals surface area contributed by atoms with E-state index in [4.69, 9.17) is 0 Å². The van der Waals surface area contributed by atoms with Gasteiger partial charge in [0.05, 0.1) is 5.25 Å². The molecule has 0 unspecified atom stereocenters. The second-order valence-corrected chi connectivity index (χ2v) is 8.75. The molecule has 2 atom stereocenters. The number of thioether (sulfide) groups is 1. The van der Waals surface area contributed by atoms with Crippen molar-refractivity contribution in [3.63, 3.8) is 0 Å². The van der Waals surface area contributed by atoms with Crippen molar-refractivity contribution in [1.82, 2.24) is 15.5 Å². The van der Waals surface area contributed by atoms with E-state index >= 15 is 0 Å². The van der Waals surface area contributed by atoms with Gasteiger partial charge in [-0.15, -0.1) is 10.2 Å². The van der Waals surface area contributed by atoms with Crippen LogP contribution in [0.25, 0.3) is 0 Å². The van der Waals surface area contributed by atoms with E-state index < -0.39 is 0 Å². The maximum atomic E-state index is 12.3. The highest BCUT2D eigenvalue weighted by atomic mass is 32.2. The van der Waals surface area contributed by atoms with Crippen LogP contribution < -0.4 is 5.32 Å². The summed E-state index contributed by atoms with van der Waals surface area (Å²) in [5, 5.41) is 10.7. The van der Waals surface area contributed by atoms with E-state index in [2.05, 4.69) is 60.6 Å². The summed E-state index contributed by atoms with van der Waals surface area (Å²) in [6, 6.07) is 10.5. The van der Waals surface area contributed by atoms with Crippen LogP contribution in [0, 0.1) is 0 Å². The van der Waals surface area contributed by atoms with E-state index in [1.807, 2.05) is 13.0 Å². The number of nitrogens with one attached hydrogen (secondary N) is 1. The van der Waals surface area contributed by atoms with Gasteiger partial charge in [0.2, 0.25) is 5.91 Å². The largest absolute Gasteiger partial charge is 0.353 e. The smallest absolute Gasteiger partial charge is 0.233 e. The average Bonchev–Trinajstić information content (AvgIpc) is 3.00. The molecule has 1 aromatic carbocycles. The second-order valence-electron chi connectivity index (χ2n) is 6.33. The predicted octanol–water partition coefficient (Wildman–Crippen LogP) is 3.89. The minimum absolute atomic E-state index is 0.0174. The molecule has 0 saturated heterocycles. The van der Waals surface area contributed by atoms with Crippen molar-refractivity contribution in [1.29, 1.82) is 0 Å². The number of hydrogen-bond acceptors (Lipinski definition) is 5. The molecule has 124 valence electrons. The average molecular weight is 350 g/mol. The minimum Gasteiger partial charge on any atom is -0.353 e. The monoisotopic (exact) mass is 349 g/mol. The second kappa shape index (κ2) is 7.93. The maximum absolute atomic E-state index is 12.3. The molecule has 0 fully saturated rings. The Labute approximate surface area is 146 Å². The van der Waals surface area contributed by atoms with Crippen LogP contribution in [0.4, 0.5) is 0 Å². The van der Waals surface area contributed by atoms with Crippen LogP contribution in [0.15, 0.2) is 40.2 Å². The molecule has 0 aliphatic rings. The van der Waals surface area contributed by atoms with E-state index in [0.717, 1.165) is 10.8 Å². The van der Waals surface area contributed by atoms with Gasteiger partial charge in [0.25, 0.3) is 0 Å². The highest BCUT2D eigenvalue weighted by Gasteiger charge is 2.25. The highest BCUT2D eigenvalue weighted by molar-refractivity contribution is 8.02. The molecule has 0 spiro atoms. The summed E-state index contributed by atoms with van der Waals surface area (Å²) in [5.74, 6) is 0.0431. The van der Waals surface area contributed by atoms with Crippen molar-refractivity contribution in [2.75, 3.05) is 0 Å². The number of carbonyl (C=O) groups is 1. The van der Waals surface area contributed by atoms with Crippen molar-refractivity contribution in [3.8, 4) is 0 Å². The van der Waals surface area contributed by atoms with Crippen molar-refractivity contribution < 1.29 is 4.79 Å². The number of rotatable bonds is 7. The molecule has 4 nitrogen and oxygen atoms in total. The summed E-state index contributed by atoms with van der Waals surface area (Å²) < 4.78 is 0.824. The Bertz CT molecular complexity index is 614. The molecule has 2 aromatic rings. The number of amides is 1. The van der Waals surface area contributed by atoms with Gasteiger partial charge in [-0.05, 0) is 31.2 Å². The SMILES string of the molecule is C[C@H](CC(C)(C)c1ccccc1)NC(=O)[C@@H](C)Sc1nncs1. The predicted molar refractivity (Wildman–Crippen MR) is 96.9 cm³/mol. The summed E-state index contributed by atoms with van der Waals surface area (Å²) in [6.07, 6.45) is 0.888. The lowest BCUT2D eigenvalue weighted by molar-refractivity contribution is -0.121. The molecular weight excluding hydrogens is 326 g/mol. The van der Waals surface area contributed by atoms with Gasteiger partial charge in [0.1, 0.15) is 5.51 Å². The summed E-state index contributed by atoms with van der Waals surface area (Å²) >= 11 is 2.90. The number of nitrogens with zero attached hydrogens (tertiary/aromatic N) is 2. The molecule has 0 bridgehead atoms. The summed E-state index contributed by atoms with van der Waals surface area (Å²) in [6.45, 7) is 8.39. The van der Waals surface area contributed by atoms with Gasteiger partial charge in [-0.2, -0.15) is 0 Å². The van der Waals surface area contributed by atoms with E-state index in [0.29, 0.717) is 0 Å². The lowest BCUT2D eigenvalue weighted by atomic mass is 9.79. The van der Waals surface area contributed by atoms with Crippen LogP contribution in [0.2, 0.25) is 0 Å². The molecule has 1 amide bonds. The zero-order valence-corrected chi connectivity index (χ0v) is 15.6. The van der Waals surface area contributed by atoms with Gasteiger partial charge in [0.15, 0.2) is 4.34 Å². The number of benzene rings is 1. The van der Waals surface area contributed by atoms with Crippen molar-refractivity contribution in [2.45, 2.75) is 55.2 Å². The molecule has 6 heteroatoms.